The third-order valence-corrected chi connectivity index (χ3v) is 6.04. The molecule has 0 bridgehead atoms. The molecule has 0 radical (unpaired) electrons. The fourth-order valence-corrected chi connectivity index (χ4v) is 3.99. The first-order valence-electron chi connectivity index (χ1n) is 10.4. The summed E-state index contributed by atoms with van der Waals surface area (Å²) in [6, 6.07) is 15.2. The van der Waals surface area contributed by atoms with E-state index in [4.69, 9.17) is 4.42 Å². The number of hydrogen-bond acceptors (Lipinski definition) is 6. The van der Waals surface area contributed by atoms with Crippen molar-refractivity contribution in [1.82, 2.24) is 14.8 Å². The van der Waals surface area contributed by atoms with Gasteiger partial charge < -0.3 is 8.98 Å². The van der Waals surface area contributed by atoms with Gasteiger partial charge in [-0.05, 0) is 36.8 Å². The van der Waals surface area contributed by atoms with Crippen molar-refractivity contribution >= 4 is 29.6 Å². The second-order valence-corrected chi connectivity index (χ2v) is 8.40. The molecule has 4 aromatic rings. The van der Waals surface area contributed by atoms with Crippen LogP contribution >= 0.6 is 11.8 Å². The molecule has 0 saturated heterocycles. The third kappa shape index (κ3) is 5.62. The number of halogens is 3. The van der Waals surface area contributed by atoms with Crippen molar-refractivity contribution in [2.75, 3.05) is 10.8 Å². The Morgan fingerprint density at radius 2 is 1.91 bits per heavy atom. The van der Waals surface area contributed by atoms with E-state index >= 15 is 0 Å². The number of aromatic nitrogens is 3. The summed E-state index contributed by atoms with van der Waals surface area (Å²) in [5.41, 5.74) is 0.601. The molecule has 0 aliphatic heterocycles. The average molecular weight is 500 g/mol. The van der Waals surface area contributed by atoms with Crippen LogP contribution in [-0.2, 0) is 18.0 Å². The number of hydrazone groups is 1. The van der Waals surface area contributed by atoms with E-state index in [0.29, 0.717) is 22.3 Å². The molecule has 7 nitrogen and oxygen atoms in total. The summed E-state index contributed by atoms with van der Waals surface area (Å²) >= 11 is 1.10. The quantitative estimate of drug-likeness (QED) is 0.189. The van der Waals surface area contributed by atoms with Crippen molar-refractivity contribution in [2.45, 2.75) is 18.3 Å². The van der Waals surface area contributed by atoms with Gasteiger partial charge >= 0.3 is 6.18 Å². The summed E-state index contributed by atoms with van der Waals surface area (Å²) in [6.45, 7) is 1.80. The van der Waals surface area contributed by atoms with E-state index in [0.717, 1.165) is 34.5 Å². The van der Waals surface area contributed by atoms with Crippen molar-refractivity contribution in [3.8, 4) is 11.4 Å². The summed E-state index contributed by atoms with van der Waals surface area (Å²) < 4.78 is 46.9. The van der Waals surface area contributed by atoms with E-state index in [-0.39, 0.29) is 11.4 Å². The summed E-state index contributed by atoms with van der Waals surface area (Å²) in [5.74, 6) is 0.603. The standard InChI is InChI=1S/C24H20F3N5O2S/c1-16-20(11-12-34-16)22-29-30-23(31(22)2)35-15-21(33)32(28-14-17-7-4-3-5-8-17)19-10-6-9-18(13-19)24(25,26)27/h3-14H,15H2,1-2H3/b28-14+. The summed E-state index contributed by atoms with van der Waals surface area (Å²) in [7, 11) is 1.76. The Kier molecular flexibility index (Phi) is 7.06. The van der Waals surface area contributed by atoms with Crippen LogP contribution < -0.4 is 5.01 Å². The van der Waals surface area contributed by atoms with Gasteiger partial charge in [0.25, 0.3) is 5.91 Å². The van der Waals surface area contributed by atoms with Crippen LogP contribution in [0.5, 0.6) is 0 Å². The van der Waals surface area contributed by atoms with E-state index in [2.05, 4.69) is 15.3 Å². The van der Waals surface area contributed by atoms with Gasteiger partial charge in [-0.15, -0.1) is 10.2 Å². The predicted octanol–water partition coefficient (Wildman–Crippen LogP) is 5.56. The third-order valence-electron chi connectivity index (χ3n) is 5.04. The first-order valence-corrected chi connectivity index (χ1v) is 11.4. The second-order valence-electron chi connectivity index (χ2n) is 7.45. The highest BCUT2D eigenvalue weighted by atomic mass is 32.2. The summed E-state index contributed by atoms with van der Waals surface area (Å²) in [6.07, 6.45) is -1.58. The fraction of sp³-hybridized carbons (Fsp3) is 0.167. The number of carbonyl (C=O) groups excluding carboxylic acids is 1. The molecule has 0 spiro atoms. The summed E-state index contributed by atoms with van der Waals surface area (Å²) in [5, 5.41) is 13.9. The van der Waals surface area contributed by atoms with Gasteiger partial charge in [-0.3, -0.25) is 4.79 Å². The average Bonchev–Trinajstić information content (AvgIpc) is 3.42. The Bertz CT molecular complexity index is 1350. The van der Waals surface area contributed by atoms with Gasteiger partial charge in [0, 0.05) is 7.05 Å². The number of aryl methyl sites for hydroxylation is 1. The predicted molar refractivity (Wildman–Crippen MR) is 127 cm³/mol. The van der Waals surface area contributed by atoms with Gasteiger partial charge in [0.15, 0.2) is 11.0 Å². The molecule has 2 heterocycles. The minimum atomic E-state index is -4.55. The molecule has 0 unspecified atom stereocenters. The van der Waals surface area contributed by atoms with Gasteiger partial charge in [-0.1, -0.05) is 48.2 Å². The first-order chi connectivity index (χ1) is 16.7. The smallest absolute Gasteiger partial charge is 0.416 e. The van der Waals surface area contributed by atoms with E-state index in [1.54, 1.807) is 55.1 Å². The maximum Gasteiger partial charge on any atom is 0.416 e. The van der Waals surface area contributed by atoms with Crippen molar-refractivity contribution < 1.29 is 22.4 Å². The number of furan rings is 1. The molecule has 1 amide bonds. The number of alkyl halides is 3. The highest BCUT2D eigenvalue weighted by molar-refractivity contribution is 7.99. The lowest BCUT2D eigenvalue weighted by Crippen LogP contribution is -2.28. The van der Waals surface area contributed by atoms with Gasteiger partial charge in [0.05, 0.1) is 35.0 Å². The van der Waals surface area contributed by atoms with Crippen LogP contribution in [0.1, 0.15) is 16.9 Å². The summed E-state index contributed by atoms with van der Waals surface area (Å²) in [4.78, 5) is 13.1. The first kappa shape index (κ1) is 24.3. The molecule has 180 valence electrons. The molecular formula is C24H20F3N5O2S. The van der Waals surface area contributed by atoms with Gasteiger partial charge in [0.2, 0.25) is 0 Å². The molecule has 35 heavy (non-hydrogen) atoms. The van der Waals surface area contributed by atoms with Crippen LogP contribution in [0, 0.1) is 6.92 Å². The van der Waals surface area contributed by atoms with E-state index in [1.807, 2.05) is 6.07 Å². The Hall–Kier alpha value is -3.86. The Labute approximate surface area is 203 Å². The molecule has 2 aromatic heterocycles. The van der Waals surface area contributed by atoms with Crippen molar-refractivity contribution in [3.05, 3.63) is 83.8 Å². The van der Waals surface area contributed by atoms with Gasteiger partial charge in [-0.25, -0.2) is 5.01 Å². The monoisotopic (exact) mass is 499 g/mol. The molecular weight excluding hydrogens is 479 g/mol. The van der Waals surface area contributed by atoms with Crippen LogP contribution in [-0.4, -0.2) is 32.6 Å². The maximum atomic E-state index is 13.3. The lowest BCUT2D eigenvalue weighted by molar-refractivity contribution is -0.137. The number of anilines is 1. The Balaban J connectivity index is 1.58. The Morgan fingerprint density at radius 1 is 1.14 bits per heavy atom. The largest absolute Gasteiger partial charge is 0.469 e. The zero-order chi connectivity index (χ0) is 25.0. The van der Waals surface area contributed by atoms with E-state index in [9.17, 15) is 18.0 Å². The number of nitrogens with zero attached hydrogens (tertiary/aromatic N) is 5. The molecule has 2 aromatic carbocycles. The van der Waals surface area contributed by atoms with Crippen LogP contribution in [0.4, 0.5) is 18.9 Å². The number of thioether (sulfide) groups is 1. The number of benzene rings is 2. The topological polar surface area (TPSA) is 76.5 Å². The number of amides is 1. The molecule has 0 fully saturated rings. The number of hydrogen-bond donors (Lipinski definition) is 0. The maximum absolute atomic E-state index is 13.3. The van der Waals surface area contributed by atoms with Crippen LogP contribution in [0.3, 0.4) is 0 Å². The molecule has 0 aliphatic rings. The van der Waals surface area contributed by atoms with Crippen LogP contribution in [0.25, 0.3) is 11.4 Å². The molecule has 4 rings (SSSR count). The Morgan fingerprint density at radius 3 is 2.60 bits per heavy atom. The second kappa shape index (κ2) is 10.2. The minimum Gasteiger partial charge on any atom is -0.469 e. The highest BCUT2D eigenvalue weighted by Crippen LogP contribution is 2.32. The molecule has 0 aliphatic carbocycles. The molecule has 0 saturated carbocycles. The molecule has 11 heteroatoms. The number of carbonyl (C=O) groups is 1. The van der Waals surface area contributed by atoms with Crippen LogP contribution in [0.2, 0.25) is 0 Å². The van der Waals surface area contributed by atoms with Gasteiger partial charge in [0.1, 0.15) is 5.76 Å². The highest BCUT2D eigenvalue weighted by Gasteiger charge is 2.31. The number of rotatable bonds is 7. The van der Waals surface area contributed by atoms with E-state index < -0.39 is 17.6 Å². The SMILES string of the molecule is Cc1occc1-c1nnc(SCC(=O)N(/N=C/c2ccccc2)c2cccc(C(F)(F)F)c2)n1C. The van der Waals surface area contributed by atoms with Crippen molar-refractivity contribution in [1.29, 1.82) is 0 Å². The van der Waals surface area contributed by atoms with Gasteiger partial charge in [-0.2, -0.15) is 18.3 Å². The molecule has 0 atom stereocenters. The lowest BCUT2D eigenvalue weighted by atomic mass is 10.2. The molecule has 0 N–H and O–H groups in total. The zero-order valence-electron chi connectivity index (χ0n) is 18.7. The minimum absolute atomic E-state index is 0.00489. The van der Waals surface area contributed by atoms with Crippen molar-refractivity contribution in [2.24, 2.45) is 12.1 Å². The fourth-order valence-electron chi connectivity index (χ4n) is 3.23. The van der Waals surface area contributed by atoms with Crippen LogP contribution in [0.15, 0.2) is 81.6 Å². The lowest BCUT2D eigenvalue weighted by Gasteiger charge is -2.18. The normalized spacial score (nSPS) is 11.8. The zero-order valence-corrected chi connectivity index (χ0v) is 19.5. The van der Waals surface area contributed by atoms with Crippen molar-refractivity contribution in [3.63, 3.8) is 0 Å². The van der Waals surface area contributed by atoms with E-state index in [1.165, 1.54) is 18.3 Å².